The zero-order valence-corrected chi connectivity index (χ0v) is 12.8. The topological polar surface area (TPSA) is 65.2 Å². The lowest BCUT2D eigenvalue weighted by molar-refractivity contribution is -0.124. The van der Waals surface area contributed by atoms with E-state index in [1.807, 2.05) is 0 Å². The molecule has 0 spiro atoms. The van der Waals surface area contributed by atoms with Crippen molar-refractivity contribution in [3.8, 4) is 0 Å². The molecule has 5 heteroatoms. The summed E-state index contributed by atoms with van der Waals surface area (Å²) in [4.78, 5) is 16.5. The van der Waals surface area contributed by atoms with Crippen LogP contribution in [0.3, 0.4) is 0 Å². The van der Waals surface area contributed by atoms with Gasteiger partial charge in [0.25, 0.3) is 0 Å². The quantitative estimate of drug-likeness (QED) is 0.852. The highest BCUT2D eigenvalue weighted by Crippen LogP contribution is 2.38. The summed E-state index contributed by atoms with van der Waals surface area (Å²) in [5.41, 5.74) is -0.378. The molecule has 3 rings (SSSR count). The maximum Gasteiger partial charge on any atom is 0.227 e. The van der Waals surface area contributed by atoms with Gasteiger partial charge in [0.15, 0.2) is 0 Å². The van der Waals surface area contributed by atoms with Crippen LogP contribution in [0.15, 0.2) is 4.52 Å². The number of ether oxygens (including phenoxy) is 1. The molecule has 2 aliphatic rings. The molecule has 1 atom stereocenters. The number of hydrogen-bond acceptors (Lipinski definition) is 5. The zero-order chi connectivity index (χ0) is 14.7. The molecular weight excluding hydrogens is 268 g/mol. The van der Waals surface area contributed by atoms with E-state index < -0.39 is 0 Å². The van der Waals surface area contributed by atoms with Crippen molar-refractivity contribution in [2.75, 3.05) is 7.11 Å². The molecule has 1 heterocycles. The van der Waals surface area contributed by atoms with Crippen molar-refractivity contribution in [3.05, 3.63) is 11.7 Å². The first-order chi connectivity index (χ1) is 10.2. The summed E-state index contributed by atoms with van der Waals surface area (Å²) in [5.74, 6) is 1.67. The molecule has 0 saturated heterocycles. The van der Waals surface area contributed by atoms with E-state index in [1.54, 1.807) is 7.11 Å². The van der Waals surface area contributed by atoms with Crippen molar-refractivity contribution in [2.24, 2.45) is 5.92 Å². The third kappa shape index (κ3) is 3.03. The number of Topliss-reactive ketones (excluding diaryl/α,β-unsaturated/α-hetero) is 1. The fraction of sp³-hybridized carbons (Fsp3) is 0.812. The first kappa shape index (κ1) is 14.7. The second-order valence-corrected chi connectivity index (χ2v) is 6.38. The van der Waals surface area contributed by atoms with Crippen molar-refractivity contribution in [3.63, 3.8) is 0 Å². The molecule has 0 radical (unpaired) electrons. The normalized spacial score (nSPS) is 26.0. The van der Waals surface area contributed by atoms with Crippen LogP contribution in [0.1, 0.15) is 69.5 Å². The van der Waals surface area contributed by atoms with Crippen molar-refractivity contribution in [2.45, 2.75) is 69.8 Å². The predicted molar refractivity (Wildman–Crippen MR) is 76.7 cm³/mol. The summed E-state index contributed by atoms with van der Waals surface area (Å²) < 4.78 is 11.1. The fourth-order valence-corrected chi connectivity index (χ4v) is 3.65. The number of carbonyl (C=O) groups is 1. The molecule has 0 aliphatic heterocycles. The van der Waals surface area contributed by atoms with E-state index in [1.165, 1.54) is 6.42 Å². The van der Waals surface area contributed by atoms with Gasteiger partial charge in [-0.15, -0.1) is 0 Å². The van der Waals surface area contributed by atoms with E-state index in [0.717, 1.165) is 44.9 Å². The Morgan fingerprint density at radius 3 is 2.76 bits per heavy atom. The predicted octanol–water partition coefficient (Wildman–Crippen LogP) is 3.18. The summed E-state index contributed by atoms with van der Waals surface area (Å²) in [6.45, 7) is 0. The minimum atomic E-state index is -0.378. The summed E-state index contributed by atoms with van der Waals surface area (Å²) in [6.07, 6.45) is 9.81. The first-order valence-corrected chi connectivity index (χ1v) is 8.14. The van der Waals surface area contributed by atoms with Crippen LogP contribution in [0.25, 0.3) is 0 Å². The smallest absolute Gasteiger partial charge is 0.227 e. The first-order valence-electron chi connectivity index (χ1n) is 8.14. The standard InChI is InChI=1S/C16H24N2O3/c1-20-16(9-5-2-6-10-16)15-17-14(21-18-15)11-12-7-3-4-8-13(12)19/h12H,2-11H2,1H3. The minimum Gasteiger partial charge on any atom is -0.370 e. The van der Waals surface area contributed by atoms with Crippen LogP contribution in [0.2, 0.25) is 0 Å². The van der Waals surface area contributed by atoms with Crippen molar-refractivity contribution >= 4 is 5.78 Å². The van der Waals surface area contributed by atoms with Crippen LogP contribution in [-0.4, -0.2) is 23.0 Å². The van der Waals surface area contributed by atoms with E-state index in [2.05, 4.69) is 10.1 Å². The Labute approximate surface area is 125 Å². The zero-order valence-electron chi connectivity index (χ0n) is 12.8. The Morgan fingerprint density at radius 2 is 2.05 bits per heavy atom. The highest BCUT2D eigenvalue weighted by molar-refractivity contribution is 5.81. The number of rotatable bonds is 4. The molecule has 5 nitrogen and oxygen atoms in total. The van der Waals surface area contributed by atoms with Gasteiger partial charge in [0.05, 0.1) is 0 Å². The average molecular weight is 292 g/mol. The number of carbonyl (C=O) groups excluding carboxylic acids is 1. The van der Waals surface area contributed by atoms with Crippen molar-refractivity contribution < 1.29 is 14.1 Å². The third-order valence-electron chi connectivity index (χ3n) is 5.03. The summed E-state index contributed by atoms with van der Waals surface area (Å²) in [7, 11) is 1.73. The van der Waals surface area contributed by atoms with Crippen LogP contribution >= 0.6 is 0 Å². The van der Waals surface area contributed by atoms with Gasteiger partial charge in [-0.05, 0) is 25.7 Å². The minimum absolute atomic E-state index is 0.0666. The Balaban J connectivity index is 1.71. The molecule has 0 aromatic carbocycles. The van der Waals surface area contributed by atoms with Gasteiger partial charge < -0.3 is 9.26 Å². The highest BCUT2D eigenvalue weighted by atomic mass is 16.5. The molecule has 0 amide bonds. The Morgan fingerprint density at radius 1 is 1.24 bits per heavy atom. The molecule has 0 N–H and O–H groups in total. The van der Waals surface area contributed by atoms with Gasteiger partial charge in [0.2, 0.25) is 11.7 Å². The molecule has 0 bridgehead atoms. The largest absolute Gasteiger partial charge is 0.370 e. The summed E-state index contributed by atoms with van der Waals surface area (Å²) in [6, 6.07) is 0. The van der Waals surface area contributed by atoms with Crippen LogP contribution in [-0.2, 0) is 21.6 Å². The van der Waals surface area contributed by atoms with Crippen molar-refractivity contribution in [1.29, 1.82) is 0 Å². The van der Waals surface area contributed by atoms with Gasteiger partial charge in [0, 0.05) is 25.9 Å². The lowest BCUT2D eigenvalue weighted by Crippen LogP contribution is -2.32. The van der Waals surface area contributed by atoms with Crippen LogP contribution in [0.5, 0.6) is 0 Å². The molecule has 1 unspecified atom stereocenters. The van der Waals surface area contributed by atoms with E-state index in [0.29, 0.717) is 30.3 Å². The molecule has 116 valence electrons. The molecule has 2 saturated carbocycles. The maximum absolute atomic E-state index is 11.9. The SMILES string of the molecule is COC1(c2noc(CC3CCCCC3=O)n2)CCCCC1. The second-order valence-electron chi connectivity index (χ2n) is 6.38. The van der Waals surface area contributed by atoms with Gasteiger partial charge in [0.1, 0.15) is 11.4 Å². The summed E-state index contributed by atoms with van der Waals surface area (Å²) >= 11 is 0. The van der Waals surface area contributed by atoms with Gasteiger partial charge in [-0.1, -0.05) is 30.8 Å². The molecule has 1 aromatic rings. The summed E-state index contributed by atoms with van der Waals surface area (Å²) in [5, 5.41) is 4.15. The third-order valence-corrected chi connectivity index (χ3v) is 5.03. The lowest BCUT2D eigenvalue weighted by atomic mass is 9.84. The highest BCUT2D eigenvalue weighted by Gasteiger charge is 2.38. The molecule has 2 aliphatic carbocycles. The van der Waals surface area contributed by atoms with E-state index >= 15 is 0 Å². The number of nitrogens with zero attached hydrogens (tertiary/aromatic N) is 2. The Kier molecular flexibility index (Phi) is 4.38. The maximum atomic E-state index is 11.9. The molecule has 2 fully saturated rings. The Bertz CT molecular complexity index is 491. The fourth-order valence-electron chi connectivity index (χ4n) is 3.65. The van der Waals surface area contributed by atoms with Crippen LogP contribution in [0.4, 0.5) is 0 Å². The van der Waals surface area contributed by atoms with Gasteiger partial charge in [-0.25, -0.2) is 0 Å². The molecule has 21 heavy (non-hydrogen) atoms. The van der Waals surface area contributed by atoms with Crippen molar-refractivity contribution in [1.82, 2.24) is 10.1 Å². The number of aromatic nitrogens is 2. The van der Waals surface area contributed by atoms with Crippen LogP contribution < -0.4 is 0 Å². The van der Waals surface area contributed by atoms with Gasteiger partial charge in [-0.2, -0.15) is 4.98 Å². The Hall–Kier alpha value is -1.23. The number of ketones is 1. The second kappa shape index (κ2) is 6.26. The number of hydrogen-bond donors (Lipinski definition) is 0. The lowest BCUT2D eigenvalue weighted by Gasteiger charge is -2.32. The average Bonchev–Trinajstić information content (AvgIpc) is 2.99. The number of methoxy groups -OCH3 is 1. The van der Waals surface area contributed by atoms with E-state index in [9.17, 15) is 4.79 Å². The molecule has 1 aromatic heterocycles. The van der Waals surface area contributed by atoms with E-state index in [4.69, 9.17) is 9.26 Å². The van der Waals surface area contributed by atoms with Gasteiger partial charge in [-0.3, -0.25) is 4.79 Å². The monoisotopic (exact) mass is 292 g/mol. The van der Waals surface area contributed by atoms with Gasteiger partial charge >= 0.3 is 0 Å². The van der Waals surface area contributed by atoms with Crippen LogP contribution in [0, 0.1) is 5.92 Å². The molecular formula is C16H24N2O3. The van der Waals surface area contributed by atoms with E-state index in [-0.39, 0.29) is 11.5 Å².